The average molecular weight is 271 g/mol. The van der Waals surface area contributed by atoms with Crippen molar-refractivity contribution in [1.82, 2.24) is 19.7 Å². The highest BCUT2D eigenvalue weighted by Crippen LogP contribution is 2.23. The largest absolute Gasteiger partial charge is 0.368 e. The predicted octanol–water partition coefficient (Wildman–Crippen LogP) is 2.96. The van der Waals surface area contributed by atoms with Crippen molar-refractivity contribution in [3.8, 4) is 5.95 Å². The second-order valence-electron chi connectivity index (χ2n) is 5.53. The van der Waals surface area contributed by atoms with E-state index in [0.717, 1.165) is 24.0 Å². The molecule has 0 unspecified atom stereocenters. The lowest BCUT2D eigenvalue weighted by Gasteiger charge is -2.21. The summed E-state index contributed by atoms with van der Waals surface area (Å²) in [7, 11) is 0. The van der Waals surface area contributed by atoms with Gasteiger partial charge in [-0.3, -0.25) is 0 Å². The Labute approximate surface area is 119 Å². The molecule has 0 aliphatic heterocycles. The number of aryl methyl sites for hydroxylation is 1. The maximum atomic E-state index is 4.49. The lowest BCUT2D eigenvalue weighted by atomic mass is 9.89. The molecule has 0 amide bonds. The van der Waals surface area contributed by atoms with Crippen LogP contribution in [0.2, 0.25) is 0 Å². The normalized spacial score (nSPS) is 16.2. The standard InChI is InChI=1S/C15H21N5/c1-12-7-9-16-15(18-12)20-10-8-14(19-20)17-11-13-5-3-2-4-6-13/h7-10,13H,2-6,11H2,1H3,(H,17,19). The number of anilines is 1. The molecule has 0 bridgehead atoms. The molecule has 1 aliphatic rings. The minimum Gasteiger partial charge on any atom is -0.368 e. The monoisotopic (exact) mass is 271 g/mol. The van der Waals surface area contributed by atoms with E-state index in [1.54, 1.807) is 10.9 Å². The Bertz CT molecular complexity index is 557. The number of aromatic nitrogens is 4. The van der Waals surface area contributed by atoms with Crippen LogP contribution in [0.1, 0.15) is 37.8 Å². The van der Waals surface area contributed by atoms with Crippen LogP contribution in [0, 0.1) is 12.8 Å². The van der Waals surface area contributed by atoms with E-state index in [4.69, 9.17) is 0 Å². The molecule has 5 nitrogen and oxygen atoms in total. The summed E-state index contributed by atoms with van der Waals surface area (Å²) in [5, 5.41) is 7.92. The summed E-state index contributed by atoms with van der Waals surface area (Å²) >= 11 is 0. The van der Waals surface area contributed by atoms with Crippen molar-refractivity contribution in [3.05, 3.63) is 30.2 Å². The zero-order chi connectivity index (χ0) is 13.8. The van der Waals surface area contributed by atoms with Gasteiger partial charge in [0, 0.05) is 30.7 Å². The van der Waals surface area contributed by atoms with Gasteiger partial charge in [-0.15, -0.1) is 5.10 Å². The zero-order valence-corrected chi connectivity index (χ0v) is 11.9. The fourth-order valence-electron chi connectivity index (χ4n) is 2.72. The summed E-state index contributed by atoms with van der Waals surface area (Å²) in [6, 6.07) is 3.86. The van der Waals surface area contributed by atoms with Crippen LogP contribution >= 0.6 is 0 Å². The number of rotatable bonds is 4. The SMILES string of the molecule is Cc1ccnc(-n2ccc(NCC3CCCCC3)n2)n1. The molecule has 1 N–H and O–H groups in total. The topological polar surface area (TPSA) is 55.6 Å². The Balaban J connectivity index is 1.61. The van der Waals surface area contributed by atoms with Gasteiger partial charge < -0.3 is 5.32 Å². The summed E-state index contributed by atoms with van der Waals surface area (Å²) in [4.78, 5) is 8.60. The van der Waals surface area contributed by atoms with Crippen molar-refractivity contribution in [2.75, 3.05) is 11.9 Å². The summed E-state index contributed by atoms with van der Waals surface area (Å²) in [5.74, 6) is 2.32. The summed E-state index contributed by atoms with van der Waals surface area (Å²) in [6.07, 6.45) is 10.5. The van der Waals surface area contributed by atoms with E-state index in [-0.39, 0.29) is 0 Å². The quantitative estimate of drug-likeness (QED) is 0.929. The Kier molecular flexibility index (Phi) is 3.95. The van der Waals surface area contributed by atoms with Crippen molar-refractivity contribution >= 4 is 5.82 Å². The molecule has 106 valence electrons. The molecule has 1 aliphatic carbocycles. The second kappa shape index (κ2) is 6.03. The minimum atomic E-state index is 0.621. The van der Waals surface area contributed by atoms with Gasteiger partial charge >= 0.3 is 0 Å². The summed E-state index contributed by atoms with van der Waals surface area (Å²) in [6.45, 7) is 2.97. The first-order valence-electron chi connectivity index (χ1n) is 7.41. The van der Waals surface area contributed by atoms with E-state index < -0.39 is 0 Å². The number of nitrogens with zero attached hydrogens (tertiary/aromatic N) is 4. The van der Waals surface area contributed by atoms with Crippen LogP contribution in [-0.2, 0) is 0 Å². The van der Waals surface area contributed by atoms with Crippen LogP contribution < -0.4 is 5.32 Å². The van der Waals surface area contributed by atoms with E-state index in [0.29, 0.717) is 5.95 Å². The number of hydrogen-bond donors (Lipinski definition) is 1. The third-order valence-corrected chi connectivity index (χ3v) is 3.87. The van der Waals surface area contributed by atoms with E-state index in [1.165, 1.54) is 32.1 Å². The molecule has 1 saturated carbocycles. The highest BCUT2D eigenvalue weighted by Gasteiger charge is 2.13. The van der Waals surface area contributed by atoms with Crippen molar-refractivity contribution in [2.24, 2.45) is 5.92 Å². The van der Waals surface area contributed by atoms with Crippen molar-refractivity contribution in [1.29, 1.82) is 0 Å². The molecular formula is C15H21N5. The molecular weight excluding hydrogens is 250 g/mol. The van der Waals surface area contributed by atoms with Crippen LogP contribution in [-0.4, -0.2) is 26.3 Å². The lowest BCUT2D eigenvalue weighted by Crippen LogP contribution is -2.17. The number of nitrogens with one attached hydrogen (secondary N) is 1. The third kappa shape index (κ3) is 3.15. The van der Waals surface area contributed by atoms with E-state index in [2.05, 4.69) is 20.4 Å². The van der Waals surface area contributed by atoms with Gasteiger partial charge in [0.1, 0.15) is 5.82 Å². The molecule has 0 aromatic carbocycles. The Morgan fingerprint density at radius 3 is 2.90 bits per heavy atom. The fraction of sp³-hybridized carbons (Fsp3) is 0.533. The van der Waals surface area contributed by atoms with Crippen molar-refractivity contribution < 1.29 is 0 Å². The Morgan fingerprint density at radius 1 is 1.25 bits per heavy atom. The van der Waals surface area contributed by atoms with Crippen LogP contribution in [0.5, 0.6) is 0 Å². The second-order valence-corrected chi connectivity index (χ2v) is 5.53. The molecule has 0 saturated heterocycles. The first-order valence-corrected chi connectivity index (χ1v) is 7.41. The molecule has 1 fully saturated rings. The first kappa shape index (κ1) is 13.1. The van der Waals surface area contributed by atoms with E-state index in [9.17, 15) is 0 Å². The van der Waals surface area contributed by atoms with Crippen LogP contribution in [0.15, 0.2) is 24.5 Å². The van der Waals surface area contributed by atoms with Gasteiger partial charge in [-0.2, -0.15) is 0 Å². The van der Waals surface area contributed by atoms with Crippen molar-refractivity contribution in [2.45, 2.75) is 39.0 Å². The molecule has 0 radical (unpaired) electrons. The first-order chi connectivity index (χ1) is 9.81. The van der Waals surface area contributed by atoms with Gasteiger partial charge in [0.05, 0.1) is 0 Å². The Morgan fingerprint density at radius 2 is 2.10 bits per heavy atom. The van der Waals surface area contributed by atoms with Gasteiger partial charge in [0.2, 0.25) is 0 Å². The Hall–Kier alpha value is -1.91. The molecule has 2 aromatic heterocycles. The minimum absolute atomic E-state index is 0.621. The van der Waals surface area contributed by atoms with Gasteiger partial charge in [-0.25, -0.2) is 14.6 Å². The maximum Gasteiger partial charge on any atom is 0.250 e. The molecule has 0 spiro atoms. The average Bonchev–Trinajstić information content (AvgIpc) is 2.95. The summed E-state index contributed by atoms with van der Waals surface area (Å²) < 4.78 is 1.72. The molecule has 5 heteroatoms. The molecule has 0 atom stereocenters. The third-order valence-electron chi connectivity index (χ3n) is 3.87. The van der Waals surface area contributed by atoms with Gasteiger partial charge in [-0.05, 0) is 31.7 Å². The van der Waals surface area contributed by atoms with Crippen molar-refractivity contribution in [3.63, 3.8) is 0 Å². The van der Waals surface area contributed by atoms with Gasteiger partial charge in [0.15, 0.2) is 0 Å². The molecule has 3 rings (SSSR count). The molecule has 2 aromatic rings. The molecule has 20 heavy (non-hydrogen) atoms. The number of hydrogen-bond acceptors (Lipinski definition) is 4. The molecule has 2 heterocycles. The lowest BCUT2D eigenvalue weighted by molar-refractivity contribution is 0.373. The highest BCUT2D eigenvalue weighted by molar-refractivity contribution is 5.34. The van der Waals surface area contributed by atoms with E-state index >= 15 is 0 Å². The highest BCUT2D eigenvalue weighted by atomic mass is 15.4. The van der Waals surface area contributed by atoms with Gasteiger partial charge in [-0.1, -0.05) is 19.3 Å². The smallest absolute Gasteiger partial charge is 0.250 e. The zero-order valence-electron chi connectivity index (χ0n) is 11.9. The van der Waals surface area contributed by atoms with Crippen LogP contribution in [0.4, 0.5) is 5.82 Å². The maximum absolute atomic E-state index is 4.49. The van der Waals surface area contributed by atoms with E-state index in [1.807, 2.05) is 25.3 Å². The van der Waals surface area contributed by atoms with Crippen LogP contribution in [0.25, 0.3) is 5.95 Å². The predicted molar refractivity (Wildman–Crippen MR) is 79.0 cm³/mol. The summed E-state index contributed by atoms with van der Waals surface area (Å²) in [5.41, 5.74) is 0.946. The van der Waals surface area contributed by atoms with Crippen LogP contribution in [0.3, 0.4) is 0 Å². The fourth-order valence-corrected chi connectivity index (χ4v) is 2.72. The van der Waals surface area contributed by atoms with Gasteiger partial charge in [0.25, 0.3) is 5.95 Å².